The number of halogens is 2. The molecule has 1 atom stereocenters. The largest absolute Gasteiger partial charge is 0.481 e. The average Bonchev–Trinajstić information content (AvgIpc) is 3.18. The molecule has 2 rings (SSSR count). The summed E-state index contributed by atoms with van der Waals surface area (Å²) in [6, 6.07) is 9.55. The minimum absolute atomic E-state index is 0.0956. The van der Waals surface area contributed by atoms with E-state index in [4.69, 9.17) is 10.00 Å². The number of alkyl halides is 2. The molecule has 0 saturated heterocycles. The van der Waals surface area contributed by atoms with Crippen LogP contribution in [-0.2, 0) is 17.3 Å². The predicted octanol–water partition coefficient (Wildman–Crippen LogP) is 5.23. The first kappa shape index (κ1) is 21.8. The van der Waals surface area contributed by atoms with Gasteiger partial charge in [-0.15, -0.1) is 11.3 Å². The van der Waals surface area contributed by atoms with E-state index >= 15 is 0 Å². The maximum Gasteiger partial charge on any atom is 0.274 e. The molecule has 0 saturated carbocycles. The number of thiophene rings is 1. The zero-order chi connectivity index (χ0) is 20.7. The Morgan fingerprint density at radius 1 is 1.36 bits per heavy atom. The van der Waals surface area contributed by atoms with Crippen LogP contribution in [0.2, 0.25) is 0 Å². The van der Waals surface area contributed by atoms with Gasteiger partial charge in [-0.3, -0.25) is 4.79 Å². The first-order valence-corrected chi connectivity index (χ1v) is 10.0. The van der Waals surface area contributed by atoms with Crippen LogP contribution < -0.4 is 10.1 Å². The third kappa shape index (κ3) is 5.77. The Morgan fingerprint density at radius 2 is 2.11 bits per heavy atom. The van der Waals surface area contributed by atoms with Crippen molar-refractivity contribution < 1.29 is 18.3 Å². The number of rotatable bonds is 9. The number of nitrogens with one attached hydrogen (secondary N) is 1. The van der Waals surface area contributed by atoms with Gasteiger partial charge in [-0.25, -0.2) is 8.78 Å². The molecule has 1 N–H and O–H groups in total. The Hall–Kier alpha value is -2.46. The van der Waals surface area contributed by atoms with Crippen molar-refractivity contribution in [2.75, 3.05) is 0 Å². The number of nitrogens with zero attached hydrogens (tertiary/aromatic N) is 1. The summed E-state index contributed by atoms with van der Waals surface area (Å²) in [5, 5.41) is 13.9. The van der Waals surface area contributed by atoms with E-state index < -0.39 is 18.4 Å². The van der Waals surface area contributed by atoms with Gasteiger partial charge in [-0.05, 0) is 42.0 Å². The van der Waals surface area contributed by atoms with E-state index in [2.05, 4.69) is 5.32 Å². The molecule has 1 aromatic heterocycles. The molecule has 0 spiro atoms. The van der Waals surface area contributed by atoms with E-state index in [1.807, 2.05) is 31.4 Å². The smallest absolute Gasteiger partial charge is 0.274 e. The molecular weight excluding hydrogens is 382 g/mol. The highest BCUT2D eigenvalue weighted by atomic mass is 32.1. The Kier molecular flexibility index (Phi) is 7.53. The van der Waals surface area contributed by atoms with Crippen molar-refractivity contribution in [3.8, 4) is 11.8 Å². The highest BCUT2D eigenvalue weighted by Gasteiger charge is 2.33. The molecular formula is C21H24F2N2O2S. The van der Waals surface area contributed by atoms with Crippen LogP contribution in [0.25, 0.3) is 0 Å². The average molecular weight is 406 g/mol. The number of ether oxygens (including phenoxy) is 1. The van der Waals surface area contributed by atoms with Gasteiger partial charge in [-0.2, -0.15) is 5.26 Å². The van der Waals surface area contributed by atoms with Gasteiger partial charge in [0.05, 0.1) is 18.2 Å². The molecule has 7 heteroatoms. The van der Waals surface area contributed by atoms with Gasteiger partial charge in [0.15, 0.2) is 6.10 Å². The van der Waals surface area contributed by atoms with Crippen molar-refractivity contribution in [2.45, 2.75) is 52.2 Å². The standard InChI is InChI=1S/C21H24F2N2O2S/c1-4-21(22,23)18-11-16(8-7-15(18)12-24)27-19(10-14(2)3)20(26)25-13-17-6-5-9-28-17/h5-9,11,14,19H,4,10,13H2,1-3H3,(H,25,26). The number of carbonyl (C=O) groups excluding carboxylic acids is 1. The third-order valence-corrected chi connectivity index (χ3v) is 5.10. The van der Waals surface area contributed by atoms with E-state index in [0.29, 0.717) is 13.0 Å². The number of amides is 1. The molecule has 0 bridgehead atoms. The second kappa shape index (κ2) is 9.65. The zero-order valence-electron chi connectivity index (χ0n) is 16.2. The number of hydrogen-bond acceptors (Lipinski definition) is 4. The van der Waals surface area contributed by atoms with Crippen LogP contribution in [0.4, 0.5) is 8.78 Å². The normalized spacial score (nSPS) is 12.5. The van der Waals surface area contributed by atoms with Crippen molar-refractivity contribution in [2.24, 2.45) is 5.92 Å². The summed E-state index contributed by atoms with van der Waals surface area (Å²) in [7, 11) is 0. The molecule has 1 amide bonds. The number of nitriles is 1. The molecule has 0 aliphatic heterocycles. The van der Waals surface area contributed by atoms with Gasteiger partial charge >= 0.3 is 0 Å². The Labute approximate surface area is 168 Å². The highest BCUT2D eigenvalue weighted by molar-refractivity contribution is 7.09. The lowest BCUT2D eigenvalue weighted by Crippen LogP contribution is -2.38. The Bertz CT molecular complexity index is 829. The Balaban J connectivity index is 2.20. The summed E-state index contributed by atoms with van der Waals surface area (Å²) >= 11 is 1.54. The fourth-order valence-corrected chi connectivity index (χ4v) is 3.33. The van der Waals surface area contributed by atoms with Crippen LogP contribution in [0, 0.1) is 17.2 Å². The van der Waals surface area contributed by atoms with Crippen LogP contribution in [0.5, 0.6) is 5.75 Å². The lowest BCUT2D eigenvalue weighted by Gasteiger charge is -2.22. The fourth-order valence-electron chi connectivity index (χ4n) is 2.69. The molecule has 0 aliphatic carbocycles. The summed E-state index contributed by atoms with van der Waals surface area (Å²) in [6.45, 7) is 5.66. The maximum absolute atomic E-state index is 14.2. The van der Waals surface area contributed by atoms with Crippen molar-refractivity contribution in [1.82, 2.24) is 5.32 Å². The van der Waals surface area contributed by atoms with Gasteiger partial charge < -0.3 is 10.1 Å². The SMILES string of the molecule is CCC(F)(F)c1cc(OC(CC(C)C)C(=O)NCc2cccs2)ccc1C#N. The minimum Gasteiger partial charge on any atom is -0.481 e. The number of carbonyl (C=O) groups is 1. The third-order valence-electron chi connectivity index (χ3n) is 4.22. The van der Waals surface area contributed by atoms with Crippen molar-refractivity contribution >= 4 is 17.2 Å². The first-order valence-electron chi connectivity index (χ1n) is 9.16. The molecule has 1 heterocycles. The van der Waals surface area contributed by atoms with E-state index in [1.54, 1.807) is 6.07 Å². The predicted molar refractivity (Wildman–Crippen MR) is 105 cm³/mol. The molecule has 1 aromatic carbocycles. The molecule has 2 aromatic rings. The van der Waals surface area contributed by atoms with Crippen molar-refractivity contribution in [1.29, 1.82) is 5.26 Å². The number of hydrogen-bond donors (Lipinski definition) is 1. The van der Waals surface area contributed by atoms with Gasteiger partial charge in [0.1, 0.15) is 5.75 Å². The molecule has 4 nitrogen and oxygen atoms in total. The first-order chi connectivity index (χ1) is 13.3. The van der Waals surface area contributed by atoms with Gasteiger partial charge in [0.25, 0.3) is 11.8 Å². The minimum atomic E-state index is -3.14. The van der Waals surface area contributed by atoms with Crippen LogP contribution in [0.1, 0.15) is 49.6 Å². The highest BCUT2D eigenvalue weighted by Crippen LogP contribution is 2.36. The summed E-state index contributed by atoms with van der Waals surface area (Å²) in [4.78, 5) is 13.6. The summed E-state index contributed by atoms with van der Waals surface area (Å²) in [5.41, 5.74) is -0.473. The summed E-state index contributed by atoms with van der Waals surface area (Å²) < 4.78 is 34.2. The fraction of sp³-hybridized carbons (Fsp3) is 0.429. The molecule has 0 fully saturated rings. The van der Waals surface area contributed by atoms with Gasteiger partial charge in [0.2, 0.25) is 0 Å². The zero-order valence-corrected chi connectivity index (χ0v) is 17.0. The van der Waals surface area contributed by atoms with Gasteiger partial charge in [0, 0.05) is 16.9 Å². The quantitative estimate of drug-likeness (QED) is 0.620. The maximum atomic E-state index is 14.2. The molecule has 150 valence electrons. The second-order valence-corrected chi connectivity index (χ2v) is 7.94. The molecule has 1 unspecified atom stereocenters. The second-order valence-electron chi connectivity index (χ2n) is 6.91. The van der Waals surface area contributed by atoms with Crippen LogP contribution >= 0.6 is 11.3 Å². The molecule has 0 radical (unpaired) electrons. The molecule has 0 aliphatic rings. The van der Waals surface area contributed by atoms with Crippen LogP contribution in [-0.4, -0.2) is 12.0 Å². The summed E-state index contributed by atoms with van der Waals surface area (Å²) in [6.07, 6.45) is -0.798. The topological polar surface area (TPSA) is 62.1 Å². The monoisotopic (exact) mass is 406 g/mol. The lowest BCUT2D eigenvalue weighted by molar-refractivity contribution is -0.128. The van der Waals surface area contributed by atoms with E-state index in [9.17, 15) is 13.6 Å². The van der Waals surface area contributed by atoms with Crippen LogP contribution in [0.3, 0.4) is 0 Å². The van der Waals surface area contributed by atoms with E-state index in [-0.39, 0.29) is 28.7 Å². The lowest BCUT2D eigenvalue weighted by atomic mass is 10.00. The van der Waals surface area contributed by atoms with Crippen molar-refractivity contribution in [3.63, 3.8) is 0 Å². The van der Waals surface area contributed by atoms with E-state index in [0.717, 1.165) is 4.88 Å². The Morgan fingerprint density at radius 3 is 2.68 bits per heavy atom. The van der Waals surface area contributed by atoms with Crippen molar-refractivity contribution in [3.05, 3.63) is 51.7 Å². The van der Waals surface area contributed by atoms with Crippen LogP contribution in [0.15, 0.2) is 35.7 Å². The van der Waals surface area contributed by atoms with Gasteiger partial charge in [-0.1, -0.05) is 26.8 Å². The summed E-state index contributed by atoms with van der Waals surface area (Å²) in [5.74, 6) is -3.11. The molecule has 28 heavy (non-hydrogen) atoms. The van der Waals surface area contributed by atoms with E-state index in [1.165, 1.54) is 36.5 Å². The number of benzene rings is 1.